The van der Waals surface area contributed by atoms with Crippen LogP contribution in [0, 0.1) is 0 Å². The van der Waals surface area contributed by atoms with Crippen molar-refractivity contribution in [2.24, 2.45) is 0 Å². The zero-order chi connectivity index (χ0) is 18.0. The minimum Gasteiger partial charge on any atom is -0.463 e. The molecule has 0 saturated heterocycles. The molecule has 1 atom stereocenters. The lowest BCUT2D eigenvalue weighted by atomic mass is 10.0. The number of hydrogen-bond donors (Lipinski definition) is 2. The van der Waals surface area contributed by atoms with Gasteiger partial charge in [0.25, 0.3) is 0 Å². The number of urea groups is 1. The quantitative estimate of drug-likeness (QED) is 0.779. The number of aryl methyl sites for hydroxylation is 2. The molecule has 134 valence electrons. The molecule has 7 nitrogen and oxygen atoms in total. The van der Waals surface area contributed by atoms with Gasteiger partial charge in [0.2, 0.25) is 0 Å². The first-order valence-corrected chi connectivity index (χ1v) is 9.07. The Hall–Kier alpha value is -2.35. The molecule has 2 amide bonds. The topological polar surface area (TPSA) is 93.7 Å². The lowest BCUT2D eigenvalue weighted by Gasteiger charge is -2.26. The van der Waals surface area contributed by atoms with E-state index in [1.807, 2.05) is 6.07 Å². The number of thiophene rings is 1. The van der Waals surface area contributed by atoms with Crippen molar-refractivity contribution in [3.8, 4) is 0 Å². The SMILES string of the molecule is CCOC(=O)C1=C(COC(=O)c2cc3c(s2)CCC3)NC(=O)NC1C. The van der Waals surface area contributed by atoms with Gasteiger partial charge >= 0.3 is 18.0 Å². The maximum atomic E-state index is 12.3. The third kappa shape index (κ3) is 3.68. The van der Waals surface area contributed by atoms with Crippen molar-refractivity contribution in [1.29, 1.82) is 0 Å². The lowest BCUT2D eigenvalue weighted by molar-refractivity contribution is -0.139. The average molecular weight is 364 g/mol. The summed E-state index contributed by atoms with van der Waals surface area (Å²) in [5.74, 6) is -0.987. The minimum absolute atomic E-state index is 0.187. The van der Waals surface area contributed by atoms with E-state index in [9.17, 15) is 14.4 Å². The normalized spacial score (nSPS) is 19.1. The van der Waals surface area contributed by atoms with E-state index in [2.05, 4.69) is 10.6 Å². The molecule has 0 radical (unpaired) electrons. The van der Waals surface area contributed by atoms with Crippen LogP contribution in [0.15, 0.2) is 17.3 Å². The van der Waals surface area contributed by atoms with Crippen molar-refractivity contribution < 1.29 is 23.9 Å². The number of ether oxygens (including phenoxy) is 2. The van der Waals surface area contributed by atoms with Crippen molar-refractivity contribution >= 4 is 29.3 Å². The highest BCUT2D eigenvalue weighted by Gasteiger charge is 2.30. The molecule has 1 aromatic rings. The summed E-state index contributed by atoms with van der Waals surface area (Å²) < 4.78 is 10.3. The Morgan fingerprint density at radius 3 is 2.80 bits per heavy atom. The largest absolute Gasteiger partial charge is 0.463 e. The molecule has 0 spiro atoms. The van der Waals surface area contributed by atoms with Gasteiger partial charge in [-0.1, -0.05) is 0 Å². The number of fused-ring (bicyclic) bond motifs is 1. The highest BCUT2D eigenvalue weighted by molar-refractivity contribution is 7.14. The van der Waals surface area contributed by atoms with E-state index in [0.717, 1.165) is 19.3 Å². The van der Waals surface area contributed by atoms with Crippen molar-refractivity contribution in [1.82, 2.24) is 10.6 Å². The molecule has 0 saturated carbocycles. The predicted octanol–water partition coefficient (Wildman–Crippen LogP) is 1.91. The summed E-state index contributed by atoms with van der Waals surface area (Å²) in [6.07, 6.45) is 3.13. The van der Waals surface area contributed by atoms with Crippen LogP contribution in [0.1, 0.15) is 40.4 Å². The van der Waals surface area contributed by atoms with Gasteiger partial charge in [0.15, 0.2) is 0 Å². The fourth-order valence-corrected chi connectivity index (χ4v) is 4.18. The molecule has 3 rings (SSSR count). The first kappa shape index (κ1) is 17.5. The van der Waals surface area contributed by atoms with Gasteiger partial charge in [-0.25, -0.2) is 14.4 Å². The molecule has 2 N–H and O–H groups in total. The molecule has 2 aliphatic rings. The maximum absolute atomic E-state index is 12.3. The van der Waals surface area contributed by atoms with E-state index >= 15 is 0 Å². The summed E-state index contributed by atoms with van der Waals surface area (Å²) >= 11 is 1.45. The third-order valence-electron chi connectivity index (χ3n) is 4.16. The van der Waals surface area contributed by atoms with Gasteiger partial charge in [0.05, 0.1) is 23.9 Å². The number of carbonyl (C=O) groups is 3. The second-order valence-electron chi connectivity index (χ2n) is 5.92. The number of hydrogen-bond acceptors (Lipinski definition) is 6. The molecule has 0 fully saturated rings. The highest BCUT2D eigenvalue weighted by atomic mass is 32.1. The summed E-state index contributed by atoms with van der Waals surface area (Å²) in [6, 6.07) is 0.910. The number of rotatable bonds is 5. The molecule has 1 aliphatic heterocycles. The summed E-state index contributed by atoms with van der Waals surface area (Å²) in [7, 11) is 0. The second-order valence-corrected chi connectivity index (χ2v) is 7.06. The van der Waals surface area contributed by atoms with Crippen LogP contribution in [0.5, 0.6) is 0 Å². The average Bonchev–Trinajstić information content (AvgIpc) is 3.13. The Kier molecular flexibility index (Phi) is 5.08. The number of nitrogens with one attached hydrogen (secondary N) is 2. The third-order valence-corrected chi connectivity index (χ3v) is 5.38. The Balaban J connectivity index is 1.73. The predicted molar refractivity (Wildman–Crippen MR) is 91.4 cm³/mol. The Morgan fingerprint density at radius 1 is 1.28 bits per heavy atom. The molecule has 1 aliphatic carbocycles. The molecular weight excluding hydrogens is 344 g/mol. The van der Waals surface area contributed by atoms with Gasteiger partial charge in [-0.3, -0.25) is 0 Å². The van der Waals surface area contributed by atoms with Gasteiger partial charge in [-0.15, -0.1) is 11.3 Å². The van der Waals surface area contributed by atoms with Crippen LogP contribution in [0.2, 0.25) is 0 Å². The zero-order valence-electron chi connectivity index (χ0n) is 14.1. The summed E-state index contributed by atoms with van der Waals surface area (Å²) in [5.41, 5.74) is 1.74. The minimum atomic E-state index is -0.538. The number of esters is 2. The van der Waals surface area contributed by atoms with Gasteiger partial charge < -0.3 is 20.1 Å². The van der Waals surface area contributed by atoms with E-state index in [1.54, 1.807) is 13.8 Å². The monoisotopic (exact) mass is 364 g/mol. The molecule has 8 heteroatoms. The first-order valence-electron chi connectivity index (χ1n) is 8.26. The van der Waals surface area contributed by atoms with Gasteiger partial charge in [-0.05, 0) is 44.7 Å². The van der Waals surface area contributed by atoms with E-state index in [1.165, 1.54) is 21.8 Å². The Labute approximate surface area is 149 Å². The lowest BCUT2D eigenvalue weighted by Crippen LogP contribution is -2.50. The van der Waals surface area contributed by atoms with E-state index in [0.29, 0.717) is 4.88 Å². The summed E-state index contributed by atoms with van der Waals surface area (Å²) in [6.45, 7) is 3.41. The zero-order valence-corrected chi connectivity index (χ0v) is 15.0. The fraction of sp³-hybridized carbons (Fsp3) is 0.471. The Morgan fingerprint density at radius 2 is 2.08 bits per heavy atom. The molecule has 0 aromatic carbocycles. The molecular formula is C17H20N2O5S. The highest BCUT2D eigenvalue weighted by Crippen LogP contribution is 2.31. The molecule has 0 bridgehead atoms. The smallest absolute Gasteiger partial charge is 0.348 e. The molecule has 1 unspecified atom stereocenters. The summed E-state index contributed by atoms with van der Waals surface area (Å²) in [5, 5.41) is 5.13. The maximum Gasteiger partial charge on any atom is 0.348 e. The van der Waals surface area contributed by atoms with Crippen LogP contribution in [0.3, 0.4) is 0 Å². The van der Waals surface area contributed by atoms with Gasteiger partial charge in [-0.2, -0.15) is 0 Å². The summed E-state index contributed by atoms with van der Waals surface area (Å²) in [4.78, 5) is 37.9. The van der Waals surface area contributed by atoms with Crippen LogP contribution in [0.4, 0.5) is 4.79 Å². The molecule has 25 heavy (non-hydrogen) atoms. The van der Waals surface area contributed by atoms with E-state index in [-0.39, 0.29) is 24.5 Å². The van der Waals surface area contributed by atoms with Crippen LogP contribution in [-0.4, -0.2) is 37.2 Å². The van der Waals surface area contributed by atoms with Gasteiger partial charge in [0, 0.05) is 4.88 Å². The van der Waals surface area contributed by atoms with Crippen molar-refractivity contribution in [2.75, 3.05) is 13.2 Å². The van der Waals surface area contributed by atoms with E-state index in [4.69, 9.17) is 9.47 Å². The fourth-order valence-electron chi connectivity index (χ4n) is 3.03. The van der Waals surface area contributed by atoms with Crippen LogP contribution in [0.25, 0.3) is 0 Å². The van der Waals surface area contributed by atoms with Crippen molar-refractivity contribution in [3.63, 3.8) is 0 Å². The molecule has 2 heterocycles. The standard InChI is InChI=1S/C17H20N2O5S/c1-3-23-16(21)14-9(2)18-17(22)19-11(14)8-24-15(20)13-7-10-5-4-6-12(10)25-13/h7,9H,3-6,8H2,1-2H3,(H2,18,19,22). The van der Waals surface area contributed by atoms with Gasteiger partial charge in [0.1, 0.15) is 11.5 Å². The number of amides is 2. The van der Waals surface area contributed by atoms with Crippen LogP contribution >= 0.6 is 11.3 Å². The molecule has 1 aromatic heterocycles. The van der Waals surface area contributed by atoms with E-state index < -0.39 is 24.0 Å². The van der Waals surface area contributed by atoms with Crippen molar-refractivity contribution in [3.05, 3.63) is 32.7 Å². The first-order chi connectivity index (χ1) is 12.0. The Bertz CT molecular complexity index is 731. The van der Waals surface area contributed by atoms with Crippen LogP contribution in [-0.2, 0) is 27.1 Å². The number of carbonyl (C=O) groups excluding carboxylic acids is 3. The van der Waals surface area contributed by atoms with Crippen molar-refractivity contribution in [2.45, 2.75) is 39.2 Å². The second kappa shape index (κ2) is 7.26. The van der Waals surface area contributed by atoms with Crippen LogP contribution < -0.4 is 10.6 Å².